The van der Waals surface area contributed by atoms with Gasteiger partial charge < -0.3 is 5.32 Å². The first-order valence-electron chi connectivity index (χ1n) is 5.74. The summed E-state index contributed by atoms with van der Waals surface area (Å²) in [6.45, 7) is 4.52. The van der Waals surface area contributed by atoms with Crippen molar-refractivity contribution in [3.63, 3.8) is 0 Å². The van der Waals surface area contributed by atoms with Crippen molar-refractivity contribution >= 4 is 21.4 Å². The Labute approximate surface area is 107 Å². The molecule has 6 heteroatoms. The maximum absolute atomic E-state index is 12.1. The number of nitrogens with one attached hydrogen (secondary N) is 2. The SMILES string of the molecule is CCCC(C)NS(=O)(=O)c1ccsc1CNC. The molecule has 98 valence electrons. The molecule has 4 nitrogen and oxygen atoms in total. The van der Waals surface area contributed by atoms with Crippen LogP contribution in [0.3, 0.4) is 0 Å². The second-order valence-corrected chi connectivity index (χ2v) is 6.73. The molecule has 0 saturated carbocycles. The van der Waals surface area contributed by atoms with Gasteiger partial charge in [-0.25, -0.2) is 13.1 Å². The Kier molecular flexibility index (Phi) is 5.58. The lowest BCUT2D eigenvalue weighted by Crippen LogP contribution is -2.32. The summed E-state index contributed by atoms with van der Waals surface area (Å²) >= 11 is 1.46. The van der Waals surface area contributed by atoms with Crippen molar-refractivity contribution in [1.82, 2.24) is 10.0 Å². The largest absolute Gasteiger partial charge is 0.315 e. The summed E-state index contributed by atoms with van der Waals surface area (Å²) in [4.78, 5) is 1.25. The Morgan fingerprint density at radius 1 is 1.47 bits per heavy atom. The molecular weight excluding hydrogens is 256 g/mol. The summed E-state index contributed by atoms with van der Waals surface area (Å²) in [5, 5.41) is 4.79. The van der Waals surface area contributed by atoms with Crippen LogP contribution in [-0.2, 0) is 16.6 Å². The van der Waals surface area contributed by atoms with Crippen LogP contribution < -0.4 is 10.0 Å². The highest BCUT2D eigenvalue weighted by atomic mass is 32.2. The Morgan fingerprint density at radius 3 is 2.76 bits per heavy atom. The third kappa shape index (κ3) is 4.06. The lowest BCUT2D eigenvalue weighted by atomic mass is 10.2. The zero-order valence-corrected chi connectivity index (χ0v) is 12.1. The smallest absolute Gasteiger partial charge is 0.241 e. The second kappa shape index (κ2) is 6.49. The number of sulfonamides is 1. The fraction of sp³-hybridized carbons (Fsp3) is 0.636. The summed E-state index contributed by atoms with van der Waals surface area (Å²) in [5.74, 6) is 0. The summed E-state index contributed by atoms with van der Waals surface area (Å²) in [6, 6.07) is 1.64. The van der Waals surface area contributed by atoms with Gasteiger partial charge in [-0.1, -0.05) is 13.3 Å². The third-order valence-electron chi connectivity index (χ3n) is 2.41. The fourth-order valence-corrected chi connectivity index (χ4v) is 4.41. The molecule has 1 unspecified atom stereocenters. The maximum Gasteiger partial charge on any atom is 0.241 e. The van der Waals surface area contributed by atoms with Crippen LogP contribution in [0.5, 0.6) is 0 Å². The molecule has 0 saturated heterocycles. The van der Waals surface area contributed by atoms with E-state index in [0.29, 0.717) is 11.4 Å². The predicted octanol–water partition coefficient (Wildman–Crippen LogP) is 1.93. The van der Waals surface area contributed by atoms with E-state index in [1.165, 1.54) is 11.3 Å². The van der Waals surface area contributed by atoms with Crippen molar-refractivity contribution in [2.75, 3.05) is 7.05 Å². The van der Waals surface area contributed by atoms with E-state index < -0.39 is 10.0 Å². The molecule has 0 spiro atoms. The van der Waals surface area contributed by atoms with E-state index >= 15 is 0 Å². The van der Waals surface area contributed by atoms with E-state index in [4.69, 9.17) is 0 Å². The molecule has 0 aliphatic carbocycles. The van der Waals surface area contributed by atoms with E-state index in [2.05, 4.69) is 10.0 Å². The fourth-order valence-electron chi connectivity index (χ4n) is 1.68. The van der Waals surface area contributed by atoms with Crippen molar-refractivity contribution in [3.05, 3.63) is 16.3 Å². The van der Waals surface area contributed by atoms with Crippen molar-refractivity contribution in [2.45, 2.75) is 44.2 Å². The van der Waals surface area contributed by atoms with Crippen molar-refractivity contribution in [2.24, 2.45) is 0 Å². The van der Waals surface area contributed by atoms with Crippen molar-refractivity contribution in [1.29, 1.82) is 0 Å². The number of hydrogen-bond acceptors (Lipinski definition) is 4. The van der Waals surface area contributed by atoms with Crippen molar-refractivity contribution in [3.8, 4) is 0 Å². The van der Waals surface area contributed by atoms with Gasteiger partial charge >= 0.3 is 0 Å². The van der Waals surface area contributed by atoms with Crippen LogP contribution in [0.25, 0.3) is 0 Å². The standard InChI is InChI=1S/C11H20N2O2S2/c1-4-5-9(2)13-17(14,15)11-6-7-16-10(11)8-12-3/h6-7,9,12-13H,4-5,8H2,1-3H3. The van der Waals surface area contributed by atoms with E-state index in [1.807, 2.05) is 26.3 Å². The first-order chi connectivity index (χ1) is 8.01. The van der Waals surface area contributed by atoms with E-state index in [9.17, 15) is 8.42 Å². The van der Waals surface area contributed by atoms with E-state index in [1.54, 1.807) is 6.07 Å². The van der Waals surface area contributed by atoms with Crippen molar-refractivity contribution < 1.29 is 8.42 Å². The van der Waals surface area contributed by atoms with Crippen LogP contribution in [0.1, 0.15) is 31.6 Å². The first-order valence-corrected chi connectivity index (χ1v) is 8.10. The van der Waals surface area contributed by atoms with Crippen LogP contribution in [0.15, 0.2) is 16.3 Å². The van der Waals surface area contributed by atoms with E-state index in [0.717, 1.165) is 17.7 Å². The molecule has 1 aromatic rings. The van der Waals surface area contributed by atoms with Crippen LogP contribution in [-0.4, -0.2) is 21.5 Å². The zero-order valence-electron chi connectivity index (χ0n) is 10.5. The Balaban J connectivity index is 2.85. The van der Waals surface area contributed by atoms with Crippen LogP contribution in [0.2, 0.25) is 0 Å². The molecule has 17 heavy (non-hydrogen) atoms. The molecule has 0 aromatic carbocycles. The number of hydrogen-bond donors (Lipinski definition) is 2. The maximum atomic E-state index is 12.1. The summed E-state index contributed by atoms with van der Waals surface area (Å²) in [7, 11) is -1.56. The summed E-state index contributed by atoms with van der Waals surface area (Å²) < 4.78 is 27.0. The molecule has 0 fully saturated rings. The Hall–Kier alpha value is -0.430. The zero-order chi connectivity index (χ0) is 12.9. The highest BCUT2D eigenvalue weighted by Crippen LogP contribution is 2.22. The average Bonchev–Trinajstić information content (AvgIpc) is 2.66. The highest BCUT2D eigenvalue weighted by molar-refractivity contribution is 7.89. The minimum atomic E-state index is -3.37. The van der Waals surface area contributed by atoms with Gasteiger partial charge in [-0.2, -0.15) is 0 Å². The normalized spacial score (nSPS) is 13.8. The molecular formula is C11H20N2O2S2. The molecule has 1 aromatic heterocycles. The molecule has 1 atom stereocenters. The molecule has 0 aliphatic heterocycles. The lowest BCUT2D eigenvalue weighted by Gasteiger charge is -2.13. The lowest BCUT2D eigenvalue weighted by molar-refractivity contribution is 0.543. The van der Waals surface area contributed by atoms with Crippen LogP contribution in [0.4, 0.5) is 0 Å². The molecule has 2 N–H and O–H groups in total. The van der Waals surface area contributed by atoms with Gasteiger partial charge in [-0.3, -0.25) is 0 Å². The number of rotatable bonds is 7. The monoisotopic (exact) mass is 276 g/mol. The third-order valence-corrected chi connectivity index (χ3v) is 5.13. The average molecular weight is 276 g/mol. The van der Waals surface area contributed by atoms with Gasteiger partial charge in [0.1, 0.15) is 0 Å². The minimum absolute atomic E-state index is 0.0210. The topological polar surface area (TPSA) is 58.2 Å². The van der Waals surface area contributed by atoms with Gasteiger partial charge in [-0.15, -0.1) is 11.3 Å². The van der Waals surface area contributed by atoms with Gasteiger partial charge in [0.25, 0.3) is 0 Å². The molecule has 0 radical (unpaired) electrons. The molecule has 0 aliphatic rings. The van der Waals surface area contributed by atoms with Crippen LogP contribution in [0, 0.1) is 0 Å². The Bertz CT molecular complexity index is 440. The van der Waals surface area contributed by atoms with Gasteiger partial charge in [0.15, 0.2) is 0 Å². The highest BCUT2D eigenvalue weighted by Gasteiger charge is 2.21. The summed E-state index contributed by atoms with van der Waals surface area (Å²) in [6.07, 6.45) is 1.82. The molecule has 0 bridgehead atoms. The van der Waals surface area contributed by atoms with Gasteiger partial charge in [0.05, 0.1) is 4.90 Å². The second-order valence-electron chi connectivity index (χ2n) is 4.05. The van der Waals surface area contributed by atoms with Gasteiger partial charge in [-0.05, 0) is 31.8 Å². The first kappa shape index (κ1) is 14.6. The van der Waals surface area contributed by atoms with E-state index in [-0.39, 0.29) is 6.04 Å². The van der Waals surface area contributed by atoms with Crippen LogP contribution >= 0.6 is 11.3 Å². The molecule has 1 heterocycles. The summed E-state index contributed by atoms with van der Waals surface area (Å²) in [5.41, 5.74) is 0. The molecule has 1 rings (SSSR count). The molecule has 0 amide bonds. The quantitative estimate of drug-likeness (QED) is 0.800. The van der Waals surface area contributed by atoms with Gasteiger partial charge in [0.2, 0.25) is 10.0 Å². The minimum Gasteiger partial charge on any atom is -0.315 e. The van der Waals surface area contributed by atoms with Gasteiger partial charge in [0, 0.05) is 17.5 Å². The number of thiophene rings is 1. The predicted molar refractivity (Wildman–Crippen MR) is 71.8 cm³/mol. The Morgan fingerprint density at radius 2 is 2.18 bits per heavy atom.